The molecule has 0 heterocycles. The number of hydrogen-bond acceptors (Lipinski definition) is 3. The number of carboxylic acid groups (broad SMARTS) is 1. The van der Waals surface area contributed by atoms with Gasteiger partial charge >= 0.3 is 5.97 Å². The molecule has 0 amide bonds. The zero-order valence-corrected chi connectivity index (χ0v) is 9.49. The van der Waals surface area contributed by atoms with Crippen molar-refractivity contribution in [3.8, 4) is 12.3 Å². The van der Waals surface area contributed by atoms with Crippen molar-refractivity contribution in [2.45, 2.75) is 13.8 Å². The highest BCUT2D eigenvalue weighted by Crippen LogP contribution is 2.12. The molecule has 0 aliphatic carbocycles. The van der Waals surface area contributed by atoms with Crippen LogP contribution in [0.5, 0.6) is 0 Å². The summed E-state index contributed by atoms with van der Waals surface area (Å²) < 4.78 is 0. The van der Waals surface area contributed by atoms with E-state index in [1.54, 1.807) is 25.6 Å². The summed E-state index contributed by atoms with van der Waals surface area (Å²) in [4.78, 5) is 10.7. The van der Waals surface area contributed by atoms with Crippen LogP contribution in [-0.4, -0.2) is 35.7 Å². The van der Waals surface area contributed by atoms with Crippen molar-refractivity contribution in [1.29, 1.82) is 0 Å². The average Bonchev–Trinajstić information content (AvgIpc) is 2.10. The second kappa shape index (κ2) is 6.74. The van der Waals surface area contributed by atoms with Crippen LogP contribution in [0, 0.1) is 17.8 Å². The fourth-order valence-electron chi connectivity index (χ4n) is 0.752. The minimum Gasteiger partial charge on any atom is -0.481 e. The fraction of sp³-hybridized carbons (Fsp3) is 0.700. The molecular weight excluding hydrogens is 198 g/mol. The van der Waals surface area contributed by atoms with Crippen LogP contribution in [0.25, 0.3) is 0 Å². The van der Waals surface area contributed by atoms with Crippen LogP contribution >= 0.6 is 11.8 Å². The summed E-state index contributed by atoms with van der Waals surface area (Å²) in [5.74, 6) is 3.39. The van der Waals surface area contributed by atoms with Crippen LogP contribution in [0.2, 0.25) is 0 Å². The summed E-state index contributed by atoms with van der Waals surface area (Å²) >= 11 is 1.67. The van der Waals surface area contributed by atoms with Gasteiger partial charge in [-0.05, 0) is 13.8 Å². The normalized spacial score (nSPS) is 10.9. The van der Waals surface area contributed by atoms with Crippen LogP contribution in [0.15, 0.2) is 0 Å². The van der Waals surface area contributed by atoms with Gasteiger partial charge in [0, 0.05) is 18.8 Å². The zero-order valence-electron chi connectivity index (χ0n) is 8.67. The smallest absolute Gasteiger partial charge is 0.310 e. The van der Waals surface area contributed by atoms with Crippen LogP contribution in [0.4, 0.5) is 0 Å². The van der Waals surface area contributed by atoms with Crippen LogP contribution in [0.3, 0.4) is 0 Å². The molecule has 0 aliphatic rings. The number of carboxylic acids is 1. The first-order valence-corrected chi connectivity index (χ1v) is 5.61. The Bertz CT molecular complexity index is 221. The maximum Gasteiger partial charge on any atom is 0.310 e. The third-order valence-electron chi connectivity index (χ3n) is 1.75. The molecule has 0 saturated carbocycles. The Morgan fingerprint density at radius 2 is 2.29 bits per heavy atom. The molecular formula is C10H17NO2S. The van der Waals surface area contributed by atoms with E-state index in [0.717, 1.165) is 12.3 Å². The molecule has 0 bridgehead atoms. The lowest BCUT2D eigenvalue weighted by Crippen LogP contribution is -2.36. The van der Waals surface area contributed by atoms with E-state index in [1.165, 1.54) is 0 Å². The lowest BCUT2D eigenvalue weighted by atomic mass is 9.94. The second-order valence-electron chi connectivity index (χ2n) is 3.62. The van der Waals surface area contributed by atoms with Crippen LogP contribution in [0.1, 0.15) is 13.8 Å². The first-order chi connectivity index (χ1) is 6.50. The molecule has 0 aromatic heterocycles. The Labute approximate surface area is 89.7 Å². The molecule has 3 nitrogen and oxygen atoms in total. The number of nitrogens with one attached hydrogen (secondary N) is 1. The molecule has 0 radical (unpaired) electrons. The maximum atomic E-state index is 10.7. The summed E-state index contributed by atoms with van der Waals surface area (Å²) in [6.45, 7) is 4.69. The lowest BCUT2D eigenvalue weighted by molar-refractivity contribution is -0.146. The number of terminal acetylenes is 1. The Morgan fingerprint density at radius 3 is 2.79 bits per heavy atom. The first kappa shape index (κ1) is 13.3. The van der Waals surface area contributed by atoms with E-state index in [0.29, 0.717) is 12.3 Å². The van der Waals surface area contributed by atoms with Gasteiger partial charge in [-0.25, -0.2) is 0 Å². The van der Waals surface area contributed by atoms with Gasteiger partial charge in [0.25, 0.3) is 0 Å². The van der Waals surface area contributed by atoms with E-state index in [-0.39, 0.29) is 0 Å². The third kappa shape index (κ3) is 5.90. The number of thioether (sulfide) groups is 1. The summed E-state index contributed by atoms with van der Waals surface area (Å²) in [6, 6.07) is 0. The van der Waals surface area contributed by atoms with Crippen molar-refractivity contribution in [3.05, 3.63) is 0 Å². The number of carbonyl (C=O) groups is 1. The second-order valence-corrected chi connectivity index (χ2v) is 4.73. The topological polar surface area (TPSA) is 49.3 Å². The van der Waals surface area contributed by atoms with E-state index in [2.05, 4.69) is 11.2 Å². The van der Waals surface area contributed by atoms with E-state index < -0.39 is 11.4 Å². The van der Waals surface area contributed by atoms with Crippen molar-refractivity contribution in [2.24, 2.45) is 5.41 Å². The predicted octanol–water partition coefficient (Wildman–Crippen LogP) is 1.05. The van der Waals surface area contributed by atoms with Gasteiger partial charge in [-0.1, -0.05) is 5.92 Å². The van der Waals surface area contributed by atoms with Gasteiger partial charge in [-0.15, -0.1) is 18.2 Å². The van der Waals surface area contributed by atoms with Gasteiger partial charge in [0.15, 0.2) is 0 Å². The lowest BCUT2D eigenvalue weighted by Gasteiger charge is -2.19. The Balaban J connectivity index is 3.46. The van der Waals surface area contributed by atoms with E-state index in [4.69, 9.17) is 11.5 Å². The van der Waals surface area contributed by atoms with E-state index >= 15 is 0 Å². The Kier molecular flexibility index (Phi) is 6.43. The number of aliphatic carboxylic acids is 1. The Morgan fingerprint density at radius 1 is 1.64 bits per heavy atom. The molecule has 80 valence electrons. The molecule has 0 atom stereocenters. The van der Waals surface area contributed by atoms with Crippen molar-refractivity contribution in [1.82, 2.24) is 5.32 Å². The number of rotatable bonds is 7. The predicted molar refractivity (Wildman–Crippen MR) is 60.4 cm³/mol. The summed E-state index contributed by atoms with van der Waals surface area (Å²) in [6.07, 6.45) is 5.08. The van der Waals surface area contributed by atoms with E-state index in [9.17, 15) is 4.79 Å². The molecule has 0 aliphatic heterocycles. The standard InChI is InChI=1S/C10H17NO2S/c1-4-6-14-7-5-11-8-10(2,3)9(12)13/h1,11H,5-8H2,2-3H3,(H,12,13). The SMILES string of the molecule is C#CCSCCNCC(C)(C)C(=O)O. The fourth-order valence-corrected chi connectivity index (χ4v) is 1.30. The molecule has 0 aromatic rings. The molecule has 0 rings (SSSR count). The van der Waals surface area contributed by atoms with Crippen molar-refractivity contribution in [3.63, 3.8) is 0 Å². The molecule has 0 spiro atoms. The zero-order chi connectivity index (χ0) is 11.0. The van der Waals surface area contributed by atoms with Crippen molar-refractivity contribution < 1.29 is 9.90 Å². The molecule has 0 fully saturated rings. The molecule has 0 saturated heterocycles. The largest absolute Gasteiger partial charge is 0.481 e. The minimum absolute atomic E-state index is 0.485. The summed E-state index contributed by atoms with van der Waals surface area (Å²) in [5.41, 5.74) is -0.698. The highest BCUT2D eigenvalue weighted by atomic mass is 32.2. The highest BCUT2D eigenvalue weighted by molar-refractivity contribution is 7.99. The van der Waals surface area contributed by atoms with Gasteiger partial charge in [-0.3, -0.25) is 4.79 Å². The first-order valence-electron chi connectivity index (χ1n) is 4.46. The number of hydrogen-bond donors (Lipinski definition) is 2. The summed E-state index contributed by atoms with van der Waals surface area (Å²) in [5, 5.41) is 11.9. The van der Waals surface area contributed by atoms with Crippen LogP contribution < -0.4 is 5.32 Å². The minimum atomic E-state index is -0.777. The molecule has 2 N–H and O–H groups in total. The van der Waals surface area contributed by atoms with Crippen LogP contribution in [-0.2, 0) is 4.79 Å². The van der Waals surface area contributed by atoms with Gasteiger partial charge in [0.2, 0.25) is 0 Å². The molecule has 0 aromatic carbocycles. The Hall–Kier alpha value is -0.660. The molecule has 4 heteroatoms. The third-order valence-corrected chi connectivity index (χ3v) is 2.62. The maximum absolute atomic E-state index is 10.7. The van der Waals surface area contributed by atoms with Gasteiger partial charge < -0.3 is 10.4 Å². The van der Waals surface area contributed by atoms with Crippen molar-refractivity contribution >= 4 is 17.7 Å². The average molecular weight is 215 g/mol. The quantitative estimate of drug-likeness (QED) is 0.492. The van der Waals surface area contributed by atoms with Gasteiger partial charge in [-0.2, -0.15) is 0 Å². The monoisotopic (exact) mass is 215 g/mol. The van der Waals surface area contributed by atoms with E-state index in [1.807, 2.05) is 0 Å². The van der Waals surface area contributed by atoms with Gasteiger partial charge in [0.1, 0.15) is 0 Å². The summed E-state index contributed by atoms with van der Waals surface area (Å²) in [7, 11) is 0. The molecule has 14 heavy (non-hydrogen) atoms. The van der Waals surface area contributed by atoms with Gasteiger partial charge in [0.05, 0.1) is 11.2 Å². The van der Waals surface area contributed by atoms with Crippen molar-refractivity contribution in [2.75, 3.05) is 24.6 Å². The molecule has 0 unspecified atom stereocenters. The highest BCUT2D eigenvalue weighted by Gasteiger charge is 2.25.